The minimum atomic E-state index is -0.268. The third-order valence-electron chi connectivity index (χ3n) is 3.23. The highest BCUT2D eigenvalue weighted by molar-refractivity contribution is 6.06. The first kappa shape index (κ1) is 14.3. The predicted molar refractivity (Wildman–Crippen MR) is 81.1 cm³/mol. The van der Waals surface area contributed by atoms with Gasteiger partial charge in [0.05, 0.1) is 38.0 Å². The first-order valence-corrected chi connectivity index (χ1v) is 6.82. The Kier molecular flexibility index (Phi) is 3.44. The van der Waals surface area contributed by atoms with Gasteiger partial charge in [-0.25, -0.2) is 0 Å². The fraction of sp³-hybridized carbons (Fsp3) is 0.312. The topological polar surface area (TPSA) is 71.0 Å². The monoisotopic (exact) mass is 304 g/mol. The van der Waals surface area contributed by atoms with Gasteiger partial charge in [0.1, 0.15) is 11.1 Å². The van der Waals surface area contributed by atoms with Crippen molar-refractivity contribution in [1.82, 2.24) is 0 Å². The molecule has 116 valence electrons. The molecule has 22 heavy (non-hydrogen) atoms. The smallest absolute Gasteiger partial charge is 0.289 e. The molecule has 0 amide bonds. The minimum Gasteiger partial charge on any atom is -0.495 e. The van der Waals surface area contributed by atoms with E-state index >= 15 is 0 Å². The van der Waals surface area contributed by atoms with E-state index in [2.05, 4.69) is 0 Å². The van der Waals surface area contributed by atoms with E-state index < -0.39 is 0 Å². The Labute approximate surface area is 126 Å². The Balaban J connectivity index is 2.47. The van der Waals surface area contributed by atoms with E-state index in [-0.39, 0.29) is 23.1 Å². The molecule has 0 radical (unpaired) electrons. The SMILES string of the molecule is COc1c2occc2c(OC)c2c(=O)cc(OC(C)C)oc12. The fourth-order valence-corrected chi connectivity index (χ4v) is 2.44. The molecule has 0 fully saturated rings. The fourth-order valence-electron chi connectivity index (χ4n) is 2.44. The van der Waals surface area contributed by atoms with Crippen LogP contribution in [0.3, 0.4) is 0 Å². The Morgan fingerprint density at radius 1 is 1.09 bits per heavy atom. The second kappa shape index (κ2) is 5.29. The van der Waals surface area contributed by atoms with Crippen LogP contribution in [0.25, 0.3) is 21.9 Å². The molecule has 0 aliphatic heterocycles. The van der Waals surface area contributed by atoms with Gasteiger partial charge < -0.3 is 23.0 Å². The van der Waals surface area contributed by atoms with Crippen LogP contribution in [0, 0.1) is 0 Å². The van der Waals surface area contributed by atoms with Crippen LogP contribution in [0.2, 0.25) is 0 Å². The van der Waals surface area contributed by atoms with Crippen LogP contribution in [0.4, 0.5) is 0 Å². The van der Waals surface area contributed by atoms with Gasteiger partial charge in [-0.1, -0.05) is 0 Å². The summed E-state index contributed by atoms with van der Waals surface area (Å²) in [7, 11) is 2.98. The molecule has 3 aromatic rings. The second-order valence-corrected chi connectivity index (χ2v) is 5.03. The number of hydrogen-bond donors (Lipinski definition) is 0. The van der Waals surface area contributed by atoms with Crippen molar-refractivity contribution in [3.63, 3.8) is 0 Å². The van der Waals surface area contributed by atoms with Gasteiger partial charge in [0.2, 0.25) is 11.2 Å². The third-order valence-corrected chi connectivity index (χ3v) is 3.23. The molecule has 6 nitrogen and oxygen atoms in total. The Morgan fingerprint density at radius 3 is 2.45 bits per heavy atom. The van der Waals surface area contributed by atoms with Crippen molar-refractivity contribution in [3.8, 4) is 17.4 Å². The summed E-state index contributed by atoms with van der Waals surface area (Å²) in [5, 5.41) is 0.945. The molecule has 0 aliphatic carbocycles. The normalized spacial score (nSPS) is 11.3. The van der Waals surface area contributed by atoms with Gasteiger partial charge in [-0.2, -0.15) is 0 Å². The van der Waals surface area contributed by atoms with Gasteiger partial charge in [0.25, 0.3) is 5.95 Å². The van der Waals surface area contributed by atoms with Crippen molar-refractivity contribution in [2.45, 2.75) is 20.0 Å². The lowest BCUT2D eigenvalue weighted by atomic mass is 10.1. The van der Waals surface area contributed by atoms with E-state index in [1.807, 2.05) is 13.8 Å². The lowest BCUT2D eigenvalue weighted by Gasteiger charge is -2.12. The number of methoxy groups -OCH3 is 2. The summed E-state index contributed by atoms with van der Waals surface area (Å²) < 4.78 is 27.4. The summed E-state index contributed by atoms with van der Waals surface area (Å²) in [5.41, 5.74) is 0.428. The van der Waals surface area contributed by atoms with Crippen molar-refractivity contribution in [3.05, 3.63) is 28.6 Å². The summed E-state index contributed by atoms with van der Waals surface area (Å²) in [6.45, 7) is 3.69. The number of benzene rings is 1. The zero-order valence-electron chi connectivity index (χ0n) is 12.8. The van der Waals surface area contributed by atoms with Gasteiger partial charge in [-0.15, -0.1) is 0 Å². The van der Waals surface area contributed by atoms with Crippen molar-refractivity contribution < 1.29 is 23.0 Å². The molecule has 0 N–H and O–H groups in total. The summed E-state index contributed by atoms with van der Waals surface area (Å²) in [6.07, 6.45) is 1.38. The zero-order chi connectivity index (χ0) is 15.9. The maximum Gasteiger partial charge on any atom is 0.289 e. The molecule has 2 heterocycles. The minimum absolute atomic E-state index is 0.124. The number of rotatable bonds is 4. The predicted octanol–water partition coefficient (Wildman–Crippen LogP) is 3.34. The molecular weight excluding hydrogens is 288 g/mol. The molecule has 2 aromatic heterocycles. The van der Waals surface area contributed by atoms with E-state index in [0.29, 0.717) is 27.9 Å². The van der Waals surface area contributed by atoms with E-state index in [9.17, 15) is 4.79 Å². The molecule has 0 unspecified atom stereocenters. The van der Waals surface area contributed by atoms with Gasteiger partial charge in [-0.3, -0.25) is 4.79 Å². The molecule has 6 heteroatoms. The molecule has 1 aromatic carbocycles. The molecular formula is C16H16O6. The average Bonchev–Trinajstić information content (AvgIpc) is 2.93. The highest BCUT2D eigenvalue weighted by Gasteiger charge is 2.23. The van der Waals surface area contributed by atoms with Crippen molar-refractivity contribution in [2.75, 3.05) is 14.2 Å². The number of furan rings is 1. The first-order valence-electron chi connectivity index (χ1n) is 6.82. The van der Waals surface area contributed by atoms with Gasteiger partial charge >= 0.3 is 0 Å². The molecule has 0 saturated heterocycles. The molecule has 0 atom stereocenters. The van der Waals surface area contributed by atoms with E-state index in [0.717, 1.165) is 0 Å². The van der Waals surface area contributed by atoms with Crippen LogP contribution in [-0.2, 0) is 0 Å². The highest BCUT2D eigenvalue weighted by atomic mass is 16.6. The summed E-state index contributed by atoms with van der Waals surface area (Å²) >= 11 is 0. The van der Waals surface area contributed by atoms with Crippen molar-refractivity contribution in [2.24, 2.45) is 0 Å². The van der Waals surface area contributed by atoms with E-state index in [4.69, 9.17) is 23.0 Å². The second-order valence-electron chi connectivity index (χ2n) is 5.03. The lowest BCUT2D eigenvalue weighted by molar-refractivity contribution is 0.187. The largest absolute Gasteiger partial charge is 0.495 e. The first-order chi connectivity index (χ1) is 10.6. The quantitative estimate of drug-likeness (QED) is 0.736. The summed E-state index contributed by atoms with van der Waals surface area (Å²) in [6, 6.07) is 3.02. The Bertz CT molecular complexity index is 887. The maximum absolute atomic E-state index is 12.5. The zero-order valence-corrected chi connectivity index (χ0v) is 12.8. The van der Waals surface area contributed by atoms with Gasteiger partial charge in [0.15, 0.2) is 11.2 Å². The van der Waals surface area contributed by atoms with Crippen molar-refractivity contribution in [1.29, 1.82) is 0 Å². The number of hydrogen-bond acceptors (Lipinski definition) is 6. The maximum atomic E-state index is 12.5. The molecule has 3 rings (SSSR count). The molecule has 0 spiro atoms. The Morgan fingerprint density at radius 2 is 1.82 bits per heavy atom. The van der Waals surface area contributed by atoms with E-state index in [1.54, 1.807) is 6.07 Å². The number of fused-ring (bicyclic) bond motifs is 2. The average molecular weight is 304 g/mol. The Hall–Kier alpha value is -2.63. The van der Waals surface area contributed by atoms with Crippen LogP contribution in [-0.4, -0.2) is 20.3 Å². The van der Waals surface area contributed by atoms with Crippen LogP contribution in [0.5, 0.6) is 17.4 Å². The number of ether oxygens (including phenoxy) is 3. The van der Waals surface area contributed by atoms with Crippen LogP contribution in [0.1, 0.15) is 13.8 Å². The van der Waals surface area contributed by atoms with Crippen LogP contribution < -0.4 is 19.6 Å². The van der Waals surface area contributed by atoms with Crippen LogP contribution in [0.15, 0.2) is 32.0 Å². The standard InChI is InChI=1S/C16H16O6/c1-8(2)21-11-7-10(17)12-13(18-3)9-5-6-20-14(9)16(19-4)15(12)22-11/h5-8H,1-4H3. The molecule has 0 aliphatic rings. The molecule has 0 saturated carbocycles. The van der Waals surface area contributed by atoms with Crippen LogP contribution >= 0.6 is 0 Å². The summed E-state index contributed by atoms with van der Waals surface area (Å²) in [4.78, 5) is 12.5. The summed E-state index contributed by atoms with van der Waals surface area (Å²) in [5.74, 6) is 0.852. The van der Waals surface area contributed by atoms with Crippen molar-refractivity contribution >= 4 is 21.9 Å². The van der Waals surface area contributed by atoms with Gasteiger partial charge in [-0.05, 0) is 19.9 Å². The van der Waals surface area contributed by atoms with E-state index in [1.165, 1.54) is 26.5 Å². The lowest BCUT2D eigenvalue weighted by Crippen LogP contribution is -2.10. The third kappa shape index (κ3) is 2.07. The van der Waals surface area contributed by atoms with Gasteiger partial charge in [0, 0.05) is 0 Å². The molecule has 0 bridgehead atoms. The highest BCUT2D eigenvalue weighted by Crippen LogP contribution is 2.42.